The Bertz CT molecular complexity index is 737. The van der Waals surface area contributed by atoms with E-state index in [2.05, 4.69) is 4.98 Å². The van der Waals surface area contributed by atoms with Gasteiger partial charge in [-0.3, -0.25) is 10.1 Å². The topological polar surface area (TPSA) is 73.6 Å². The maximum atomic E-state index is 10.5. The number of imidazole rings is 1. The second kappa shape index (κ2) is 4.41. The zero-order valence-corrected chi connectivity index (χ0v) is 9.76. The van der Waals surface area contributed by atoms with E-state index in [-0.39, 0.29) is 5.88 Å². The van der Waals surface area contributed by atoms with Crippen molar-refractivity contribution < 1.29 is 9.34 Å². The number of hydrogen-bond donors (Lipinski definition) is 0. The predicted molar refractivity (Wildman–Crippen MR) is 69.5 cm³/mol. The third-order valence-electron chi connectivity index (χ3n) is 2.59. The van der Waals surface area contributed by atoms with Crippen molar-refractivity contribution in [2.24, 2.45) is 0 Å². The van der Waals surface area contributed by atoms with Crippen LogP contribution in [0.4, 0.5) is 5.88 Å². The van der Waals surface area contributed by atoms with Crippen molar-refractivity contribution in [3.8, 4) is 0 Å². The van der Waals surface area contributed by atoms with E-state index in [0.717, 1.165) is 11.3 Å². The number of nitrogens with zero attached hydrogens (tertiary/aromatic N) is 3. The number of nitro groups is 1. The van der Waals surface area contributed by atoms with Gasteiger partial charge in [0.1, 0.15) is 16.3 Å². The van der Waals surface area contributed by atoms with Gasteiger partial charge in [-0.25, -0.2) is 4.98 Å². The lowest BCUT2D eigenvalue weighted by molar-refractivity contribution is -0.402. The summed E-state index contributed by atoms with van der Waals surface area (Å²) in [6, 6.07) is 8.59. The minimum absolute atomic E-state index is 0.269. The van der Waals surface area contributed by atoms with Gasteiger partial charge in [0.2, 0.25) is 0 Å². The van der Waals surface area contributed by atoms with Gasteiger partial charge in [-0.05, 0) is 30.4 Å². The van der Waals surface area contributed by atoms with E-state index in [4.69, 9.17) is 4.42 Å². The lowest BCUT2D eigenvalue weighted by Crippen LogP contribution is -1.82. The van der Waals surface area contributed by atoms with Crippen molar-refractivity contribution in [2.45, 2.75) is 0 Å². The fourth-order valence-corrected chi connectivity index (χ4v) is 1.73. The molecule has 6 nitrogen and oxygen atoms in total. The Morgan fingerprint density at radius 2 is 2.16 bits per heavy atom. The molecule has 0 unspecified atom stereocenters. The highest BCUT2D eigenvalue weighted by Gasteiger charge is 2.09. The highest BCUT2D eigenvalue weighted by molar-refractivity contribution is 5.67. The Balaban J connectivity index is 1.86. The average molecular weight is 255 g/mol. The molecule has 0 aliphatic rings. The van der Waals surface area contributed by atoms with Gasteiger partial charge in [0.25, 0.3) is 0 Å². The summed E-state index contributed by atoms with van der Waals surface area (Å²) in [6.07, 6.45) is 7.16. The van der Waals surface area contributed by atoms with Crippen LogP contribution in [0.1, 0.15) is 11.5 Å². The number of rotatable bonds is 3. The van der Waals surface area contributed by atoms with E-state index in [1.807, 2.05) is 35.0 Å². The highest BCUT2D eigenvalue weighted by atomic mass is 16.6. The van der Waals surface area contributed by atoms with Crippen molar-refractivity contribution in [1.29, 1.82) is 0 Å². The molecule has 3 rings (SSSR count). The summed E-state index contributed by atoms with van der Waals surface area (Å²) in [6.45, 7) is 0. The van der Waals surface area contributed by atoms with Crippen LogP contribution in [0.3, 0.4) is 0 Å². The molecule has 0 saturated heterocycles. The molecule has 0 spiro atoms. The molecule has 94 valence electrons. The minimum Gasteiger partial charge on any atom is -0.401 e. The molecule has 0 N–H and O–H groups in total. The van der Waals surface area contributed by atoms with E-state index in [1.54, 1.807) is 18.2 Å². The second-order valence-electron chi connectivity index (χ2n) is 3.90. The molecular weight excluding hydrogens is 246 g/mol. The first-order chi connectivity index (χ1) is 9.22. The van der Waals surface area contributed by atoms with Crippen molar-refractivity contribution >= 4 is 23.7 Å². The Kier molecular flexibility index (Phi) is 2.60. The largest absolute Gasteiger partial charge is 0.433 e. The molecule has 0 saturated carbocycles. The summed E-state index contributed by atoms with van der Waals surface area (Å²) in [5, 5.41) is 10.5. The number of pyridine rings is 1. The lowest BCUT2D eigenvalue weighted by Gasteiger charge is -1.86. The van der Waals surface area contributed by atoms with E-state index >= 15 is 0 Å². The fraction of sp³-hybridized carbons (Fsp3) is 0. The average Bonchev–Trinajstić information content (AvgIpc) is 3.02. The van der Waals surface area contributed by atoms with Crippen LogP contribution < -0.4 is 0 Å². The Labute approximate surface area is 107 Å². The molecule has 0 radical (unpaired) electrons. The van der Waals surface area contributed by atoms with E-state index < -0.39 is 4.92 Å². The van der Waals surface area contributed by atoms with Crippen molar-refractivity contribution in [2.75, 3.05) is 0 Å². The van der Waals surface area contributed by atoms with Gasteiger partial charge in [0.05, 0.1) is 11.8 Å². The quantitative estimate of drug-likeness (QED) is 0.532. The van der Waals surface area contributed by atoms with Crippen LogP contribution in [0.15, 0.2) is 47.1 Å². The van der Waals surface area contributed by atoms with E-state index in [1.165, 1.54) is 6.07 Å². The summed E-state index contributed by atoms with van der Waals surface area (Å²) in [5.74, 6) is 0.151. The first-order valence-electron chi connectivity index (χ1n) is 5.58. The van der Waals surface area contributed by atoms with Crippen LogP contribution in [0.25, 0.3) is 17.8 Å². The molecule has 0 atom stereocenters. The number of furan rings is 1. The van der Waals surface area contributed by atoms with Gasteiger partial charge >= 0.3 is 5.88 Å². The molecule has 6 heteroatoms. The summed E-state index contributed by atoms with van der Waals surface area (Å²) in [5.41, 5.74) is 1.60. The van der Waals surface area contributed by atoms with Crippen molar-refractivity contribution in [1.82, 2.24) is 9.38 Å². The Hall–Kier alpha value is -2.89. The number of aromatic nitrogens is 2. The van der Waals surface area contributed by atoms with Gasteiger partial charge in [-0.15, -0.1) is 0 Å². The summed E-state index contributed by atoms with van der Waals surface area (Å²) in [4.78, 5) is 14.3. The second-order valence-corrected chi connectivity index (χ2v) is 3.90. The molecule has 3 aromatic rings. The van der Waals surface area contributed by atoms with Gasteiger partial charge in [0.15, 0.2) is 0 Å². The molecular formula is C13H9N3O3. The van der Waals surface area contributed by atoms with Crippen LogP contribution >= 0.6 is 0 Å². The maximum Gasteiger partial charge on any atom is 0.433 e. The minimum atomic E-state index is -0.567. The standard InChI is InChI=1S/C13H9N3O3/c17-16(18)13-7-6-11(19-13)5-4-10-9-15-8-2-1-3-12(15)14-10/h1-9H/b5-4+. The Morgan fingerprint density at radius 1 is 1.26 bits per heavy atom. The molecule has 3 aromatic heterocycles. The van der Waals surface area contributed by atoms with Crippen LogP contribution in [0, 0.1) is 10.1 Å². The molecule has 0 aliphatic heterocycles. The first kappa shape index (κ1) is 11.2. The third kappa shape index (κ3) is 2.23. The van der Waals surface area contributed by atoms with Gasteiger partial charge < -0.3 is 8.82 Å². The normalized spacial score (nSPS) is 11.4. The summed E-state index contributed by atoms with van der Waals surface area (Å²) >= 11 is 0. The third-order valence-corrected chi connectivity index (χ3v) is 2.59. The van der Waals surface area contributed by atoms with Crippen molar-refractivity contribution in [3.05, 3.63) is 64.3 Å². The fourth-order valence-electron chi connectivity index (χ4n) is 1.73. The summed E-state index contributed by atoms with van der Waals surface area (Å²) in [7, 11) is 0. The Morgan fingerprint density at radius 3 is 2.89 bits per heavy atom. The van der Waals surface area contributed by atoms with Gasteiger partial charge in [-0.2, -0.15) is 0 Å². The molecule has 0 aromatic carbocycles. The number of fused-ring (bicyclic) bond motifs is 1. The monoisotopic (exact) mass is 255 g/mol. The van der Waals surface area contributed by atoms with E-state index in [9.17, 15) is 10.1 Å². The van der Waals surface area contributed by atoms with Crippen LogP contribution in [0.2, 0.25) is 0 Å². The summed E-state index contributed by atoms with van der Waals surface area (Å²) < 4.78 is 6.91. The smallest absolute Gasteiger partial charge is 0.401 e. The maximum absolute atomic E-state index is 10.5. The van der Waals surface area contributed by atoms with Crippen LogP contribution in [0.5, 0.6) is 0 Å². The molecule has 19 heavy (non-hydrogen) atoms. The van der Waals surface area contributed by atoms with E-state index in [0.29, 0.717) is 5.76 Å². The van der Waals surface area contributed by atoms with Gasteiger partial charge in [0, 0.05) is 12.4 Å². The van der Waals surface area contributed by atoms with Gasteiger partial charge in [-0.1, -0.05) is 6.07 Å². The highest BCUT2D eigenvalue weighted by Crippen LogP contribution is 2.17. The SMILES string of the molecule is O=[N+]([O-])c1ccc(/C=C/c2cn3ccccc3n2)o1. The predicted octanol–water partition coefficient (Wildman–Crippen LogP) is 3.01. The van der Waals surface area contributed by atoms with Crippen LogP contribution in [-0.2, 0) is 0 Å². The molecule has 3 heterocycles. The molecule has 0 amide bonds. The molecule has 0 aliphatic carbocycles. The molecule has 0 bridgehead atoms. The zero-order chi connectivity index (χ0) is 13.2. The number of hydrogen-bond acceptors (Lipinski definition) is 4. The molecule has 0 fully saturated rings. The van der Waals surface area contributed by atoms with Crippen LogP contribution in [-0.4, -0.2) is 14.3 Å². The van der Waals surface area contributed by atoms with Crippen molar-refractivity contribution in [3.63, 3.8) is 0 Å². The zero-order valence-electron chi connectivity index (χ0n) is 9.76. The lowest BCUT2D eigenvalue weighted by atomic mass is 10.3. The first-order valence-corrected chi connectivity index (χ1v) is 5.58.